The second kappa shape index (κ2) is 12.4. The molecular formula is C30H35N3O6S. The highest BCUT2D eigenvalue weighted by molar-refractivity contribution is 7.14. The first-order chi connectivity index (χ1) is 19.3. The lowest BCUT2D eigenvalue weighted by Crippen LogP contribution is -2.66. The molecule has 4 rings (SSSR count). The number of nitrogens with one attached hydrogen (secondary N) is 2. The molecule has 3 atom stereocenters. The molecule has 212 valence electrons. The third kappa shape index (κ3) is 5.36. The molecule has 1 aromatic heterocycles. The van der Waals surface area contributed by atoms with Gasteiger partial charge in [0.25, 0.3) is 0 Å². The number of aromatic nitrogens is 1. The van der Waals surface area contributed by atoms with Crippen LogP contribution in [-0.2, 0) is 19.1 Å². The van der Waals surface area contributed by atoms with Crippen molar-refractivity contribution in [3.8, 4) is 22.8 Å². The van der Waals surface area contributed by atoms with Gasteiger partial charge in [-0.05, 0) is 51.5 Å². The molecule has 0 saturated carbocycles. The largest absolute Gasteiger partial charge is 0.497 e. The van der Waals surface area contributed by atoms with Crippen molar-refractivity contribution in [3.63, 3.8) is 0 Å². The van der Waals surface area contributed by atoms with Crippen LogP contribution in [-0.4, -0.2) is 55.9 Å². The summed E-state index contributed by atoms with van der Waals surface area (Å²) in [4.78, 5) is 32.3. The summed E-state index contributed by atoms with van der Waals surface area (Å²) in [5.41, 5.74) is 1.72. The van der Waals surface area contributed by atoms with Crippen LogP contribution < -0.4 is 20.1 Å². The number of benzene rings is 2. The molecule has 0 radical (unpaired) electrons. The zero-order valence-electron chi connectivity index (χ0n) is 23.6. The molecule has 2 N–H and O–H groups in total. The normalized spacial score (nSPS) is 20.4. The number of carbonyl (C=O) groups excluding carboxylic acids is 2. The number of rotatable bonds is 10. The molecule has 0 spiro atoms. The van der Waals surface area contributed by atoms with Gasteiger partial charge in [-0.3, -0.25) is 0 Å². The van der Waals surface area contributed by atoms with E-state index >= 15 is 0 Å². The summed E-state index contributed by atoms with van der Waals surface area (Å²) in [6.07, 6.45) is 0. The summed E-state index contributed by atoms with van der Waals surface area (Å²) >= 11 is 1.34. The summed E-state index contributed by atoms with van der Waals surface area (Å²) in [6, 6.07) is 14.4. The maximum Gasteiger partial charge on any atom is 0.336 e. The van der Waals surface area contributed by atoms with Crippen molar-refractivity contribution >= 4 is 28.4 Å². The van der Waals surface area contributed by atoms with Gasteiger partial charge in [0.2, 0.25) is 0 Å². The Balaban J connectivity index is 1.89. The van der Waals surface area contributed by atoms with Gasteiger partial charge in [0.05, 0.1) is 50.7 Å². The lowest BCUT2D eigenvalue weighted by Gasteiger charge is -2.48. The Morgan fingerprint density at radius 3 is 2.42 bits per heavy atom. The highest BCUT2D eigenvalue weighted by atomic mass is 32.1. The van der Waals surface area contributed by atoms with E-state index in [1.165, 1.54) is 11.3 Å². The maximum atomic E-state index is 14.1. The molecule has 2 aromatic carbocycles. The third-order valence-corrected chi connectivity index (χ3v) is 7.76. The summed E-state index contributed by atoms with van der Waals surface area (Å²) < 4.78 is 22.1. The van der Waals surface area contributed by atoms with E-state index in [-0.39, 0.29) is 13.2 Å². The van der Waals surface area contributed by atoms with Crippen LogP contribution in [0.1, 0.15) is 39.2 Å². The van der Waals surface area contributed by atoms with E-state index in [0.717, 1.165) is 11.1 Å². The predicted molar refractivity (Wildman–Crippen MR) is 155 cm³/mol. The van der Waals surface area contributed by atoms with Crippen LogP contribution in [0.5, 0.6) is 11.5 Å². The third-order valence-electron chi connectivity index (χ3n) is 7.01. The second-order valence-electron chi connectivity index (χ2n) is 9.29. The average Bonchev–Trinajstić information content (AvgIpc) is 3.42. The number of ether oxygens (including phenoxy) is 4. The fourth-order valence-electron chi connectivity index (χ4n) is 5.19. The first kappa shape index (κ1) is 28.9. The van der Waals surface area contributed by atoms with Gasteiger partial charge in [-0.2, -0.15) is 0 Å². The van der Waals surface area contributed by atoms with Crippen molar-refractivity contribution < 1.29 is 28.5 Å². The number of nitrogens with zero attached hydrogens (tertiary/aromatic N) is 1. The van der Waals surface area contributed by atoms with Crippen LogP contribution in [0.15, 0.2) is 65.2 Å². The number of allylic oxidation sites excluding steroid dienone is 1. The van der Waals surface area contributed by atoms with E-state index in [4.69, 9.17) is 23.9 Å². The highest BCUT2D eigenvalue weighted by Gasteiger charge is 2.58. The summed E-state index contributed by atoms with van der Waals surface area (Å²) in [5, 5.41) is 9.14. The smallest absolute Gasteiger partial charge is 0.336 e. The molecule has 3 unspecified atom stereocenters. The van der Waals surface area contributed by atoms with Gasteiger partial charge in [-0.1, -0.05) is 30.3 Å². The van der Waals surface area contributed by atoms with Crippen LogP contribution in [0.25, 0.3) is 11.3 Å². The van der Waals surface area contributed by atoms with Gasteiger partial charge in [0, 0.05) is 16.6 Å². The zero-order chi connectivity index (χ0) is 28.9. The molecule has 9 nitrogen and oxygen atoms in total. The standard InChI is InChI=1S/C30H35N3O6S/c1-7-38-27(34)25-18(3)31-19(4)30(28(35)39-8-2,26(25)20-12-10-9-11-13-20)33-29-32-23(17-40-29)22-16-21(36-5)14-15-24(22)37-6/h9-17,19,26,31H,7-8H2,1-6H3,(H,32,33). The molecule has 0 fully saturated rings. The molecule has 1 aliphatic heterocycles. The Labute approximate surface area is 238 Å². The summed E-state index contributed by atoms with van der Waals surface area (Å²) in [5.74, 6) is -0.439. The van der Waals surface area contributed by atoms with Gasteiger partial charge in [0.1, 0.15) is 11.5 Å². The average molecular weight is 566 g/mol. The molecule has 0 bridgehead atoms. The van der Waals surface area contributed by atoms with Crippen LogP contribution in [0, 0.1) is 0 Å². The topological polar surface area (TPSA) is 108 Å². The van der Waals surface area contributed by atoms with Gasteiger partial charge >= 0.3 is 11.9 Å². The lowest BCUT2D eigenvalue weighted by molar-refractivity contribution is -0.151. The van der Waals surface area contributed by atoms with Gasteiger partial charge in [0.15, 0.2) is 10.7 Å². The minimum absolute atomic E-state index is 0.165. The Morgan fingerprint density at radius 2 is 1.77 bits per heavy atom. The quantitative estimate of drug-likeness (QED) is 0.323. The SMILES string of the molecule is CCOC(=O)C1=C(C)NC(C)C(Nc2nc(-c3cc(OC)ccc3OC)cs2)(C(=O)OCC)C1c1ccccc1. The number of hydrogen-bond acceptors (Lipinski definition) is 10. The number of esters is 2. The maximum absolute atomic E-state index is 14.1. The van der Waals surface area contributed by atoms with Crippen molar-refractivity contribution in [1.82, 2.24) is 10.3 Å². The Kier molecular flexibility index (Phi) is 8.99. The molecule has 0 aliphatic carbocycles. The number of anilines is 1. The summed E-state index contributed by atoms with van der Waals surface area (Å²) in [6.45, 7) is 7.59. The minimum atomic E-state index is -1.44. The number of hydrogen-bond donors (Lipinski definition) is 2. The van der Waals surface area contributed by atoms with Crippen LogP contribution in [0.4, 0.5) is 5.13 Å². The van der Waals surface area contributed by atoms with Gasteiger partial charge in [-0.15, -0.1) is 11.3 Å². The Bertz CT molecular complexity index is 1390. The predicted octanol–water partition coefficient (Wildman–Crippen LogP) is 5.15. The van der Waals surface area contributed by atoms with Crippen LogP contribution in [0.2, 0.25) is 0 Å². The van der Waals surface area contributed by atoms with Crippen LogP contribution >= 0.6 is 11.3 Å². The fourth-order valence-corrected chi connectivity index (χ4v) is 5.97. The van der Waals surface area contributed by atoms with Crippen molar-refractivity contribution in [3.05, 3.63) is 70.7 Å². The van der Waals surface area contributed by atoms with E-state index in [0.29, 0.717) is 33.6 Å². The van der Waals surface area contributed by atoms with Crippen molar-refractivity contribution in [2.45, 2.75) is 45.2 Å². The minimum Gasteiger partial charge on any atom is -0.497 e. The molecule has 10 heteroatoms. The highest BCUT2D eigenvalue weighted by Crippen LogP contribution is 2.46. The van der Waals surface area contributed by atoms with E-state index in [1.54, 1.807) is 28.1 Å². The second-order valence-corrected chi connectivity index (χ2v) is 10.1. The Morgan fingerprint density at radius 1 is 1.05 bits per heavy atom. The van der Waals surface area contributed by atoms with Crippen molar-refractivity contribution in [1.29, 1.82) is 0 Å². The number of methoxy groups -OCH3 is 2. The summed E-state index contributed by atoms with van der Waals surface area (Å²) in [7, 11) is 3.19. The van der Waals surface area contributed by atoms with Crippen molar-refractivity contribution in [2.75, 3.05) is 32.8 Å². The molecule has 3 aromatic rings. The van der Waals surface area contributed by atoms with E-state index in [2.05, 4.69) is 10.6 Å². The first-order valence-electron chi connectivity index (χ1n) is 13.1. The van der Waals surface area contributed by atoms with Crippen molar-refractivity contribution in [2.24, 2.45) is 0 Å². The lowest BCUT2D eigenvalue weighted by atomic mass is 9.68. The van der Waals surface area contributed by atoms with Crippen LogP contribution in [0.3, 0.4) is 0 Å². The zero-order valence-corrected chi connectivity index (χ0v) is 24.4. The molecule has 0 saturated heterocycles. The fraction of sp³-hybridized carbons (Fsp3) is 0.367. The Hall–Kier alpha value is -4.05. The number of carbonyl (C=O) groups is 2. The monoisotopic (exact) mass is 565 g/mol. The van der Waals surface area contributed by atoms with E-state index in [9.17, 15) is 9.59 Å². The van der Waals surface area contributed by atoms with E-state index < -0.39 is 29.4 Å². The molecule has 2 heterocycles. The number of thiazole rings is 1. The molecular weight excluding hydrogens is 530 g/mol. The molecule has 0 amide bonds. The van der Waals surface area contributed by atoms with E-state index in [1.807, 2.05) is 67.8 Å². The molecule has 40 heavy (non-hydrogen) atoms. The molecule has 1 aliphatic rings. The first-order valence-corrected chi connectivity index (χ1v) is 14.0. The van der Waals surface area contributed by atoms with Gasteiger partial charge in [-0.25, -0.2) is 14.6 Å². The van der Waals surface area contributed by atoms with Gasteiger partial charge < -0.3 is 29.6 Å².